The molecule has 0 aliphatic heterocycles. The summed E-state index contributed by atoms with van der Waals surface area (Å²) in [5.74, 6) is 0.705. The number of thiophene rings is 1. The van der Waals surface area contributed by atoms with Gasteiger partial charge in [-0.2, -0.15) is 0 Å². The Bertz CT molecular complexity index is 977. The number of aryl methyl sites for hydroxylation is 1. The number of H-pyrrole nitrogens is 1. The Balaban J connectivity index is 1.65. The fourth-order valence-electron chi connectivity index (χ4n) is 2.15. The molecule has 0 bridgehead atoms. The molecule has 0 radical (unpaired) electrons. The number of rotatable bonds is 3. The minimum atomic E-state index is 0.624. The van der Waals surface area contributed by atoms with Gasteiger partial charge in [-0.05, 0) is 49.0 Å². The molecule has 0 unspecified atom stereocenters. The van der Waals surface area contributed by atoms with E-state index in [1.54, 1.807) is 17.7 Å². The van der Waals surface area contributed by atoms with Crippen LogP contribution in [0.3, 0.4) is 0 Å². The molecule has 3 heterocycles. The Hall–Kier alpha value is -1.96. The van der Waals surface area contributed by atoms with Gasteiger partial charge in [-0.15, -0.1) is 16.4 Å². The van der Waals surface area contributed by atoms with Crippen LogP contribution in [0.15, 0.2) is 46.8 Å². The van der Waals surface area contributed by atoms with Gasteiger partial charge in [0, 0.05) is 20.8 Å². The molecule has 4 aromatic rings. The summed E-state index contributed by atoms with van der Waals surface area (Å²) in [7, 11) is 0. The second-order valence-electron chi connectivity index (χ2n) is 4.83. The van der Waals surface area contributed by atoms with E-state index in [1.807, 2.05) is 24.3 Å². The van der Waals surface area contributed by atoms with Crippen molar-refractivity contribution in [3.63, 3.8) is 0 Å². The summed E-state index contributed by atoms with van der Waals surface area (Å²) in [5, 5.41) is 10.4. The first-order valence-corrected chi connectivity index (χ1v) is 8.77. The lowest BCUT2D eigenvalue weighted by atomic mass is 10.2. The van der Waals surface area contributed by atoms with E-state index in [0.29, 0.717) is 16.0 Å². The van der Waals surface area contributed by atoms with E-state index >= 15 is 0 Å². The largest absolute Gasteiger partial charge is 0.258 e. The Morgan fingerprint density at radius 3 is 2.83 bits per heavy atom. The number of fused-ring (bicyclic) bond motifs is 1. The number of halogens is 1. The number of hydrogen-bond donors (Lipinski definition) is 1. The molecule has 0 aliphatic rings. The third-order valence-electron chi connectivity index (χ3n) is 3.19. The highest BCUT2D eigenvalue weighted by Gasteiger charge is 2.12. The SMILES string of the molecule is Cc1cc2c(Sc3n[nH]c(-c4ccc(Cl)cc4)n3)ncnc2s1. The predicted molar refractivity (Wildman–Crippen MR) is 93.1 cm³/mol. The van der Waals surface area contributed by atoms with E-state index in [4.69, 9.17) is 11.6 Å². The van der Waals surface area contributed by atoms with Gasteiger partial charge < -0.3 is 0 Å². The Morgan fingerprint density at radius 1 is 1.17 bits per heavy atom. The van der Waals surface area contributed by atoms with Crippen molar-refractivity contribution in [2.75, 3.05) is 0 Å². The molecule has 0 spiro atoms. The molecule has 0 fully saturated rings. The van der Waals surface area contributed by atoms with Gasteiger partial charge in [0.2, 0.25) is 5.16 Å². The molecular formula is C15H10ClN5S2. The molecule has 3 aromatic heterocycles. The van der Waals surface area contributed by atoms with Crippen LogP contribution in [-0.2, 0) is 0 Å². The summed E-state index contributed by atoms with van der Waals surface area (Å²) in [5.41, 5.74) is 0.938. The van der Waals surface area contributed by atoms with Gasteiger partial charge in [0.05, 0.1) is 0 Å². The van der Waals surface area contributed by atoms with Gasteiger partial charge in [0.15, 0.2) is 5.82 Å². The van der Waals surface area contributed by atoms with Crippen molar-refractivity contribution in [3.05, 3.63) is 46.6 Å². The van der Waals surface area contributed by atoms with E-state index in [9.17, 15) is 0 Å². The fourth-order valence-corrected chi connectivity index (χ4v) is 3.96. The zero-order valence-electron chi connectivity index (χ0n) is 11.9. The highest BCUT2D eigenvalue weighted by molar-refractivity contribution is 7.99. The molecule has 1 N–H and O–H groups in total. The fraction of sp³-hybridized carbons (Fsp3) is 0.0667. The van der Waals surface area contributed by atoms with Crippen molar-refractivity contribution in [2.24, 2.45) is 0 Å². The number of benzene rings is 1. The highest BCUT2D eigenvalue weighted by Crippen LogP contribution is 2.33. The maximum atomic E-state index is 5.91. The average Bonchev–Trinajstić information content (AvgIpc) is 3.14. The van der Waals surface area contributed by atoms with E-state index in [-0.39, 0.29) is 0 Å². The summed E-state index contributed by atoms with van der Waals surface area (Å²) in [6, 6.07) is 9.56. The van der Waals surface area contributed by atoms with Crippen molar-refractivity contribution in [2.45, 2.75) is 17.1 Å². The summed E-state index contributed by atoms with van der Waals surface area (Å²) in [6.07, 6.45) is 1.58. The van der Waals surface area contributed by atoms with Gasteiger partial charge in [0.25, 0.3) is 0 Å². The summed E-state index contributed by atoms with van der Waals surface area (Å²) in [6.45, 7) is 2.06. The molecule has 0 aliphatic carbocycles. The number of hydrogen-bond acceptors (Lipinski definition) is 6. The first-order valence-electron chi connectivity index (χ1n) is 6.76. The molecule has 0 amide bonds. The monoisotopic (exact) mass is 359 g/mol. The van der Waals surface area contributed by atoms with Gasteiger partial charge in [0.1, 0.15) is 16.2 Å². The van der Waals surface area contributed by atoms with Crippen molar-refractivity contribution in [1.82, 2.24) is 25.1 Å². The number of nitrogens with zero attached hydrogens (tertiary/aromatic N) is 4. The van der Waals surface area contributed by atoms with Crippen LogP contribution in [0.25, 0.3) is 21.6 Å². The highest BCUT2D eigenvalue weighted by atomic mass is 35.5. The number of aromatic nitrogens is 5. The zero-order chi connectivity index (χ0) is 15.8. The summed E-state index contributed by atoms with van der Waals surface area (Å²) in [4.78, 5) is 15.4. The van der Waals surface area contributed by atoms with E-state index in [0.717, 1.165) is 20.8 Å². The van der Waals surface area contributed by atoms with E-state index < -0.39 is 0 Å². The summed E-state index contributed by atoms with van der Waals surface area (Å²) >= 11 is 8.99. The molecular weight excluding hydrogens is 350 g/mol. The Kier molecular flexibility index (Phi) is 3.76. The maximum absolute atomic E-state index is 5.91. The lowest BCUT2D eigenvalue weighted by Gasteiger charge is -1.97. The van der Waals surface area contributed by atoms with Crippen LogP contribution in [0.2, 0.25) is 5.02 Å². The third-order valence-corrected chi connectivity index (χ3v) is 5.28. The predicted octanol–water partition coefficient (Wildman–Crippen LogP) is 4.59. The van der Waals surface area contributed by atoms with Gasteiger partial charge in [-0.1, -0.05) is 11.6 Å². The summed E-state index contributed by atoms with van der Waals surface area (Å²) < 4.78 is 0. The van der Waals surface area contributed by atoms with Crippen LogP contribution in [-0.4, -0.2) is 25.1 Å². The lowest BCUT2D eigenvalue weighted by molar-refractivity contribution is 0.968. The first kappa shape index (κ1) is 14.6. The van der Waals surface area contributed by atoms with Crippen LogP contribution < -0.4 is 0 Å². The van der Waals surface area contributed by atoms with Crippen LogP contribution >= 0.6 is 34.7 Å². The molecule has 5 nitrogen and oxygen atoms in total. The van der Waals surface area contributed by atoms with Gasteiger partial charge >= 0.3 is 0 Å². The smallest absolute Gasteiger partial charge is 0.215 e. The van der Waals surface area contributed by atoms with Crippen LogP contribution in [0.4, 0.5) is 0 Å². The second-order valence-corrected chi connectivity index (χ2v) is 7.46. The van der Waals surface area contributed by atoms with Crippen molar-refractivity contribution >= 4 is 44.9 Å². The van der Waals surface area contributed by atoms with Crippen molar-refractivity contribution < 1.29 is 0 Å². The Labute approximate surface area is 145 Å². The molecule has 0 saturated carbocycles. The number of aromatic amines is 1. The first-order chi connectivity index (χ1) is 11.2. The normalized spacial score (nSPS) is 11.2. The van der Waals surface area contributed by atoms with Gasteiger partial charge in [-0.3, -0.25) is 5.10 Å². The molecule has 1 aromatic carbocycles. The van der Waals surface area contributed by atoms with Crippen LogP contribution in [0, 0.1) is 6.92 Å². The molecule has 23 heavy (non-hydrogen) atoms. The molecule has 0 atom stereocenters. The minimum Gasteiger partial charge on any atom is -0.258 e. The molecule has 0 saturated heterocycles. The van der Waals surface area contributed by atoms with Crippen LogP contribution in [0.5, 0.6) is 0 Å². The lowest BCUT2D eigenvalue weighted by Crippen LogP contribution is -1.84. The topological polar surface area (TPSA) is 67.3 Å². The standard InChI is InChI=1S/C15H10ClN5S2/c1-8-6-11-13(22-8)17-7-18-14(11)23-15-19-12(20-21-15)9-2-4-10(16)5-3-9/h2-7H,1H3,(H,19,20,21). The Morgan fingerprint density at radius 2 is 2.00 bits per heavy atom. The molecule has 114 valence electrons. The minimum absolute atomic E-state index is 0.624. The van der Waals surface area contributed by atoms with Crippen LogP contribution in [0.1, 0.15) is 4.88 Å². The molecule has 4 rings (SSSR count). The quantitative estimate of drug-likeness (QED) is 0.542. The van der Waals surface area contributed by atoms with Crippen molar-refractivity contribution in [1.29, 1.82) is 0 Å². The molecule has 8 heteroatoms. The van der Waals surface area contributed by atoms with E-state index in [1.165, 1.54) is 16.6 Å². The third kappa shape index (κ3) is 2.95. The van der Waals surface area contributed by atoms with E-state index in [2.05, 4.69) is 38.1 Å². The second kappa shape index (κ2) is 5.92. The maximum Gasteiger partial charge on any atom is 0.215 e. The van der Waals surface area contributed by atoms with Gasteiger partial charge in [-0.25, -0.2) is 15.0 Å². The van der Waals surface area contributed by atoms with Crippen molar-refractivity contribution in [3.8, 4) is 11.4 Å². The average molecular weight is 360 g/mol. The zero-order valence-corrected chi connectivity index (χ0v) is 14.3. The number of nitrogens with one attached hydrogen (secondary N) is 1.